The summed E-state index contributed by atoms with van der Waals surface area (Å²) in [7, 11) is 0. The first-order valence-electron chi connectivity index (χ1n) is 5.32. The van der Waals surface area contributed by atoms with Crippen LogP contribution in [0, 0.1) is 11.3 Å². The van der Waals surface area contributed by atoms with Gasteiger partial charge in [-0.05, 0) is 6.92 Å². The molecule has 2 unspecified atom stereocenters. The number of hydrogen-bond acceptors (Lipinski definition) is 4. The number of carbonyl (C=O) groups excluding carboxylic acids is 1. The van der Waals surface area contributed by atoms with Crippen molar-refractivity contribution < 1.29 is 9.53 Å². The highest BCUT2D eigenvalue weighted by Gasteiger charge is 2.30. The summed E-state index contributed by atoms with van der Waals surface area (Å²) in [4.78, 5) is 13.6. The van der Waals surface area contributed by atoms with Gasteiger partial charge in [0.15, 0.2) is 0 Å². The summed E-state index contributed by atoms with van der Waals surface area (Å²) in [5.74, 6) is -0.0657. The fourth-order valence-electron chi connectivity index (χ4n) is 1.64. The maximum Gasteiger partial charge on any atom is 0.239 e. The first-order valence-corrected chi connectivity index (χ1v) is 5.75. The molecule has 0 aromatic carbocycles. The molecule has 1 fully saturated rings. The lowest BCUT2D eigenvalue weighted by molar-refractivity contribution is -0.132. The second-order valence-corrected chi connectivity index (χ2v) is 4.10. The maximum absolute atomic E-state index is 11.7. The number of nitriles is 1. The lowest BCUT2D eigenvalue weighted by atomic mass is 10.2. The largest absolute Gasteiger partial charge is 0.378 e. The van der Waals surface area contributed by atoms with E-state index in [1.807, 2.05) is 17.9 Å². The molecule has 2 atom stereocenters. The Morgan fingerprint density at radius 3 is 3.19 bits per heavy atom. The van der Waals surface area contributed by atoms with E-state index >= 15 is 0 Å². The van der Waals surface area contributed by atoms with Crippen LogP contribution in [0.15, 0.2) is 0 Å². The molecule has 0 radical (unpaired) electrons. The molecule has 1 aliphatic rings. The average molecular weight is 246 g/mol. The number of morpholine rings is 1. The van der Waals surface area contributed by atoms with Gasteiger partial charge in [-0.15, -0.1) is 11.6 Å². The van der Waals surface area contributed by atoms with Crippen molar-refractivity contribution in [1.82, 2.24) is 10.2 Å². The molecule has 5 nitrogen and oxygen atoms in total. The molecule has 0 aliphatic carbocycles. The summed E-state index contributed by atoms with van der Waals surface area (Å²) in [6, 6.07) is 1.62. The van der Waals surface area contributed by atoms with Crippen LogP contribution < -0.4 is 5.32 Å². The fourth-order valence-corrected chi connectivity index (χ4v) is 1.81. The van der Waals surface area contributed by atoms with Crippen LogP contribution in [0.2, 0.25) is 0 Å². The molecule has 1 rings (SSSR count). The molecule has 0 saturated carbocycles. The Morgan fingerprint density at radius 2 is 2.56 bits per heavy atom. The summed E-state index contributed by atoms with van der Waals surface area (Å²) >= 11 is 5.77. The van der Waals surface area contributed by atoms with Crippen LogP contribution in [0.5, 0.6) is 0 Å². The Balaban J connectivity index is 2.57. The van der Waals surface area contributed by atoms with Gasteiger partial charge in [0.25, 0.3) is 0 Å². The van der Waals surface area contributed by atoms with E-state index in [9.17, 15) is 4.79 Å². The fraction of sp³-hybridized carbons (Fsp3) is 0.800. The number of likely N-dealkylation sites (N-methyl/N-ethyl adjacent to an activating group) is 1. The zero-order chi connectivity index (χ0) is 12.0. The van der Waals surface area contributed by atoms with Crippen molar-refractivity contribution in [3.05, 3.63) is 0 Å². The van der Waals surface area contributed by atoms with Gasteiger partial charge >= 0.3 is 0 Å². The second-order valence-electron chi connectivity index (χ2n) is 3.58. The molecule has 0 aromatic rings. The van der Waals surface area contributed by atoms with Crippen molar-refractivity contribution in [2.45, 2.75) is 18.3 Å². The number of carbonyl (C=O) groups is 1. The molecule has 0 spiro atoms. The van der Waals surface area contributed by atoms with Crippen LogP contribution in [0.4, 0.5) is 0 Å². The van der Waals surface area contributed by atoms with E-state index in [2.05, 4.69) is 5.32 Å². The Morgan fingerprint density at radius 1 is 1.81 bits per heavy atom. The quantitative estimate of drug-likeness (QED) is 0.706. The molecular formula is C10H16ClN3O2. The molecular weight excluding hydrogens is 230 g/mol. The summed E-state index contributed by atoms with van der Waals surface area (Å²) in [5.41, 5.74) is 0. The predicted molar refractivity (Wildman–Crippen MR) is 60.1 cm³/mol. The number of hydrogen-bond donors (Lipinski definition) is 1. The zero-order valence-electron chi connectivity index (χ0n) is 9.28. The van der Waals surface area contributed by atoms with Crippen LogP contribution in [-0.4, -0.2) is 55.1 Å². The number of ether oxygens (including phenoxy) is 1. The van der Waals surface area contributed by atoms with E-state index in [1.54, 1.807) is 0 Å². The first-order chi connectivity index (χ1) is 7.69. The molecule has 1 aliphatic heterocycles. The minimum atomic E-state index is -0.588. The zero-order valence-corrected chi connectivity index (χ0v) is 10.0. The third kappa shape index (κ3) is 3.63. The van der Waals surface area contributed by atoms with Crippen LogP contribution >= 0.6 is 11.6 Å². The molecule has 1 amide bonds. The summed E-state index contributed by atoms with van der Waals surface area (Å²) in [6.45, 7) is 4.42. The minimum Gasteiger partial charge on any atom is -0.378 e. The van der Waals surface area contributed by atoms with Crippen molar-refractivity contribution in [2.75, 3.05) is 32.8 Å². The highest BCUT2D eigenvalue weighted by Crippen LogP contribution is 2.10. The molecule has 0 aromatic heterocycles. The summed E-state index contributed by atoms with van der Waals surface area (Å²) < 4.78 is 5.27. The van der Waals surface area contributed by atoms with E-state index in [1.165, 1.54) is 0 Å². The van der Waals surface area contributed by atoms with Crippen molar-refractivity contribution in [2.24, 2.45) is 0 Å². The van der Waals surface area contributed by atoms with Crippen LogP contribution in [0.3, 0.4) is 0 Å². The smallest absolute Gasteiger partial charge is 0.239 e. The van der Waals surface area contributed by atoms with Gasteiger partial charge in [-0.2, -0.15) is 5.26 Å². The summed E-state index contributed by atoms with van der Waals surface area (Å²) in [6.07, 6.45) is 0. The van der Waals surface area contributed by atoms with Crippen molar-refractivity contribution in [3.63, 3.8) is 0 Å². The third-order valence-electron chi connectivity index (χ3n) is 2.43. The highest BCUT2D eigenvalue weighted by molar-refractivity contribution is 6.22. The Kier molecular flexibility index (Phi) is 5.53. The minimum absolute atomic E-state index is 0.0657. The van der Waals surface area contributed by atoms with E-state index < -0.39 is 5.38 Å². The summed E-state index contributed by atoms with van der Waals surface area (Å²) in [5, 5.41) is 10.8. The number of nitrogens with one attached hydrogen (secondary N) is 1. The van der Waals surface area contributed by atoms with Gasteiger partial charge in [0, 0.05) is 19.6 Å². The van der Waals surface area contributed by atoms with Gasteiger partial charge in [-0.3, -0.25) is 9.69 Å². The molecule has 1 saturated heterocycles. The average Bonchev–Trinajstić information content (AvgIpc) is 2.30. The van der Waals surface area contributed by atoms with Crippen molar-refractivity contribution >= 4 is 17.5 Å². The maximum atomic E-state index is 11.7. The Hall–Kier alpha value is -0.830. The van der Waals surface area contributed by atoms with Crippen LogP contribution in [0.25, 0.3) is 0 Å². The van der Waals surface area contributed by atoms with Gasteiger partial charge in [-0.1, -0.05) is 0 Å². The number of nitrogens with zero attached hydrogens (tertiary/aromatic N) is 2. The SMILES string of the molecule is CCNC(=O)C1COCCN1CC(Cl)C#N. The molecule has 16 heavy (non-hydrogen) atoms. The Bertz CT molecular complexity index is 280. The van der Waals surface area contributed by atoms with Crippen LogP contribution in [-0.2, 0) is 9.53 Å². The highest BCUT2D eigenvalue weighted by atomic mass is 35.5. The lowest BCUT2D eigenvalue weighted by Crippen LogP contribution is -2.55. The standard InChI is InChI=1S/C10H16ClN3O2/c1-2-13-10(15)9-7-16-4-3-14(9)6-8(11)5-12/h8-9H,2-4,6-7H2,1H3,(H,13,15). The van der Waals surface area contributed by atoms with Crippen LogP contribution in [0.1, 0.15) is 6.92 Å². The number of amides is 1. The van der Waals surface area contributed by atoms with E-state index in [4.69, 9.17) is 21.6 Å². The number of alkyl halides is 1. The third-order valence-corrected chi connectivity index (χ3v) is 2.66. The van der Waals surface area contributed by atoms with E-state index in [0.29, 0.717) is 32.8 Å². The van der Waals surface area contributed by atoms with Gasteiger partial charge in [0.1, 0.15) is 11.4 Å². The van der Waals surface area contributed by atoms with E-state index in [-0.39, 0.29) is 11.9 Å². The normalized spacial score (nSPS) is 23.4. The van der Waals surface area contributed by atoms with Gasteiger partial charge in [0.2, 0.25) is 5.91 Å². The molecule has 90 valence electrons. The number of halogens is 1. The van der Waals surface area contributed by atoms with Crippen molar-refractivity contribution in [1.29, 1.82) is 5.26 Å². The lowest BCUT2D eigenvalue weighted by Gasteiger charge is -2.34. The van der Waals surface area contributed by atoms with Gasteiger partial charge < -0.3 is 10.1 Å². The van der Waals surface area contributed by atoms with Crippen molar-refractivity contribution in [3.8, 4) is 6.07 Å². The monoisotopic (exact) mass is 245 g/mol. The second kappa shape index (κ2) is 6.69. The predicted octanol–water partition coefficient (Wildman–Crippen LogP) is -0.0457. The Labute approximate surface area is 100 Å². The van der Waals surface area contributed by atoms with Gasteiger partial charge in [0.05, 0.1) is 19.3 Å². The topological polar surface area (TPSA) is 65.4 Å². The van der Waals surface area contributed by atoms with Gasteiger partial charge in [-0.25, -0.2) is 0 Å². The first kappa shape index (κ1) is 13.2. The van der Waals surface area contributed by atoms with E-state index in [0.717, 1.165) is 0 Å². The molecule has 6 heteroatoms. The molecule has 0 bridgehead atoms. The number of rotatable bonds is 4. The molecule has 1 heterocycles. The molecule has 1 N–H and O–H groups in total.